The van der Waals surface area contributed by atoms with Crippen molar-refractivity contribution in [3.63, 3.8) is 0 Å². The summed E-state index contributed by atoms with van der Waals surface area (Å²) in [6.07, 6.45) is 1.26. The monoisotopic (exact) mass is 248 g/mol. The molecular formula is C14H20N2O2. The fourth-order valence-corrected chi connectivity index (χ4v) is 2.21. The highest BCUT2D eigenvalue weighted by molar-refractivity contribution is 6.00. The fourth-order valence-electron chi connectivity index (χ4n) is 2.21. The van der Waals surface area contributed by atoms with Crippen molar-refractivity contribution >= 4 is 11.6 Å². The minimum Gasteiger partial charge on any atom is -0.478 e. The largest absolute Gasteiger partial charge is 0.478 e. The molecule has 2 rings (SSSR count). The number of anilines is 1. The highest BCUT2D eigenvalue weighted by Crippen LogP contribution is 2.35. The summed E-state index contributed by atoms with van der Waals surface area (Å²) in [5, 5.41) is 0. The third-order valence-corrected chi connectivity index (χ3v) is 3.18. The van der Waals surface area contributed by atoms with Crippen LogP contribution in [0.1, 0.15) is 32.3 Å². The first-order chi connectivity index (χ1) is 8.71. The summed E-state index contributed by atoms with van der Waals surface area (Å²) in [5.41, 5.74) is 7.52. The number of amides is 1. The lowest BCUT2D eigenvalue weighted by Crippen LogP contribution is -2.46. The lowest BCUT2D eigenvalue weighted by molar-refractivity contribution is -0.126. The van der Waals surface area contributed by atoms with Crippen molar-refractivity contribution < 1.29 is 9.53 Å². The number of hydrogen-bond acceptors (Lipinski definition) is 3. The molecule has 1 aromatic rings. The Kier molecular flexibility index (Phi) is 3.87. The first-order valence-electron chi connectivity index (χ1n) is 6.52. The van der Waals surface area contributed by atoms with Crippen molar-refractivity contribution in [2.45, 2.75) is 39.3 Å². The quantitative estimate of drug-likeness (QED) is 0.887. The molecule has 0 bridgehead atoms. The topological polar surface area (TPSA) is 55.6 Å². The van der Waals surface area contributed by atoms with Crippen LogP contribution in [0.15, 0.2) is 18.2 Å². The van der Waals surface area contributed by atoms with Gasteiger partial charge in [-0.2, -0.15) is 0 Å². The summed E-state index contributed by atoms with van der Waals surface area (Å²) in [5.74, 6) is 0.841. The Labute approximate surface area is 108 Å². The maximum Gasteiger partial charge on any atom is 0.268 e. The van der Waals surface area contributed by atoms with E-state index in [4.69, 9.17) is 10.5 Å². The van der Waals surface area contributed by atoms with Gasteiger partial charge in [0.1, 0.15) is 5.75 Å². The average Bonchev–Trinajstić information content (AvgIpc) is 2.41. The van der Waals surface area contributed by atoms with E-state index in [0.29, 0.717) is 13.0 Å². The highest BCUT2D eigenvalue weighted by atomic mass is 16.5. The van der Waals surface area contributed by atoms with Crippen LogP contribution in [0.3, 0.4) is 0 Å². The maximum atomic E-state index is 12.3. The third-order valence-electron chi connectivity index (χ3n) is 3.18. The van der Waals surface area contributed by atoms with Gasteiger partial charge in [0.25, 0.3) is 5.91 Å². The standard InChI is InChI=1S/C14H20N2O2/c1-3-7-16-11-8-10(9-15)5-6-13(11)18-12(4-2)14(16)17/h5-6,8,12H,3-4,7,9,15H2,1-2H3. The highest BCUT2D eigenvalue weighted by Gasteiger charge is 2.32. The number of ether oxygens (including phenoxy) is 1. The molecule has 18 heavy (non-hydrogen) atoms. The van der Waals surface area contributed by atoms with Crippen molar-refractivity contribution in [2.75, 3.05) is 11.4 Å². The lowest BCUT2D eigenvalue weighted by atomic mass is 10.1. The van der Waals surface area contributed by atoms with Gasteiger partial charge in [-0.05, 0) is 30.5 Å². The van der Waals surface area contributed by atoms with E-state index in [-0.39, 0.29) is 12.0 Å². The fraction of sp³-hybridized carbons (Fsp3) is 0.500. The Bertz CT molecular complexity index is 445. The Morgan fingerprint density at radius 3 is 2.78 bits per heavy atom. The predicted octanol–water partition coefficient (Wildman–Crippen LogP) is 2.06. The average molecular weight is 248 g/mol. The molecule has 1 aliphatic rings. The molecule has 1 atom stereocenters. The minimum atomic E-state index is -0.354. The molecule has 1 heterocycles. The molecule has 0 saturated carbocycles. The van der Waals surface area contributed by atoms with E-state index < -0.39 is 0 Å². The van der Waals surface area contributed by atoms with Crippen molar-refractivity contribution in [1.29, 1.82) is 0 Å². The molecule has 0 fully saturated rings. The van der Waals surface area contributed by atoms with Gasteiger partial charge in [-0.25, -0.2) is 0 Å². The number of hydrogen-bond donors (Lipinski definition) is 1. The molecule has 0 radical (unpaired) electrons. The molecular weight excluding hydrogens is 228 g/mol. The smallest absolute Gasteiger partial charge is 0.268 e. The molecule has 4 heteroatoms. The summed E-state index contributed by atoms with van der Waals surface area (Å²) >= 11 is 0. The molecule has 0 saturated heterocycles. The van der Waals surface area contributed by atoms with Crippen LogP contribution in [0.4, 0.5) is 5.69 Å². The molecule has 0 spiro atoms. The molecule has 1 aliphatic heterocycles. The zero-order chi connectivity index (χ0) is 13.1. The number of rotatable bonds is 4. The van der Waals surface area contributed by atoms with E-state index in [2.05, 4.69) is 6.92 Å². The Morgan fingerprint density at radius 1 is 1.39 bits per heavy atom. The van der Waals surface area contributed by atoms with Crippen LogP contribution in [-0.4, -0.2) is 18.6 Å². The van der Waals surface area contributed by atoms with Crippen molar-refractivity contribution in [2.24, 2.45) is 5.73 Å². The molecule has 0 aromatic heterocycles. The Hall–Kier alpha value is -1.55. The van der Waals surface area contributed by atoms with Gasteiger partial charge in [0, 0.05) is 13.1 Å². The minimum absolute atomic E-state index is 0.0565. The van der Waals surface area contributed by atoms with Gasteiger partial charge in [-0.15, -0.1) is 0 Å². The summed E-state index contributed by atoms with van der Waals surface area (Å²) in [7, 11) is 0. The molecule has 1 aromatic carbocycles. The molecule has 98 valence electrons. The molecule has 2 N–H and O–H groups in total. The number of carbonyl (C=O) groups is 1. The number of fused-ring (bicyclic) bond motifs is 1. The molecule has 0 aliphatic carbocycles. The number of nitrogens with two attached hydrogens (primary N) is 1. The van der Waals surface area contributed by atoms with Gasteiger partial charge in [0.05, 0.1) is 5.69 Å². The van der Waals surface area contributed by atoms with E-state index in [9.17, 15) is 4.79 Å². The van der Waals surface area contributed by atoms with Crippen LogP contribution < -0.4 is 15.4 Å². The van der Waals surface area contributed by atoms with Crippen molar-refractivity contribution in [1.82, 2.24) is 0 Å². The van der Waals surface area contributed by atoms with Crippen molar-refractivity contribution in [3.8, 4) is 5.75 Å². The van der Waals surface area contributed by atoms with Gasteiger partial charge >= 0.3 is 0 Å². The SMILES string of the molecule is CCCN1C(=O)C(CC)Oc2ccc(CN)cc21. The zero-order valence-electron chi connectivity index (χ0n) is 11.0. The summed E-state index contributed by atoms with van der Waals surface area (Å²) in [6, 6.07) is 5.82. The van der Waals surface area contributed by atoms with Gasteiger partial charge < -0.3 is 15.4 Å². The van der Waals surface area contributed by atoms with Crippen LogP contribution >= 0.6 is 0 Å². The van der Waals surface area contributed by atoms with Crippen LogP contribution in [0.25, 0.3) is 0 Å². The van der Waals surface area contributed by atoms with Crippen molar-refractivity contribution in [3.05, 3.63) is 23.8 Å². The van der Waals surface area contributed by atoms with E-state index in [0.717, 1.165) is 30.0 Å². The summed E-state index contributed by atoms with van der Waals surface area (Å²) in [4.78, 5) is 14.1. The van der Waals surface area contributed by atoms with E-state index in [1.165, 1.54) is 0 Å². The van der Waals surface area contributed by atoms with E-state index >= 15 is 0 Å². The third kappa shape index (κ3) is 2.20. The van der Waals surface area contributed by atoms with E-state index in [1.54, 1.807) is 0 Å². The Morgan fingerprint density at radius 2 is 2.17 bits per heavy atom. The van der Waals surface area contributed by atoms with Gasteiger partial charge in [0.2, 0.25) is 0 Å². The summed E-state index contributed by atoms with van der Waals surface area (Å²) in [6.45, 7) is 5.22. The first kappa shape index (κ1) is 12.9. The summed E-state index contributed by atoms with van der Waals surface area (Å²) < 4.78 is 5.74. The predicted molar refractivity (Wildman–Crippen MR) is 71.7 cm³/mol. The second-order valence-corrected chi connectivity index (χ2v) is 4.51. The molecule has 1 unspecified atom stereocenters. The van der Waals surface area contributed by atoms with Crippen LogP contribution in [0.2, 0.25) is 0 Å². The van der Waals surface area contributed by atoms with Gasteiger partial charge in [-0.3, -0.25) is 4.79 Å². The van der Waals surface area contributed by atoms with Crippen LogP contribution in [0.5, 0.6) is 5.75 Å². The second kappa shape index (κ2) is 5.40. The second-order valence-electron chi connectivity index (χ2n) is 4.51. The van der Waals surface area contributed by atoms with Crippen LogP contribution in [0, 0.1) is 0 Å². The Balaban J connectivity index is 2.42. The van der Waals surface area contributed by atoms with Gasteiger partial charge in [-0.1, -0.05) is 19.9 Å². The van der Waals surface area contributed by atoms with E-state index in [1.807, 2.05) is 30.0 Å². The first-order valence-corrected chi connectivity index (χ1v) is 6.52. The van der Waals surface area contributed by atoms with Gasteiger partial charge in [0.15, 0.2) is 6.10 Å². The van der Waals surface area contributed by atoms with Crippen LogP contribution in [-0.2, 0) is 11.3 Å². The molecule has 1 amide bonds. The number of carbonyl (C=O) groups excluding carboxylic acids is 1. The normalized spacial score (nSPS) is 18.5. The molecule has 4 nitrogen and oxygen atoms in total. The number of nitrogens with zero attached hydrogens (tertiary/aromatic N) is 1. The zero-order valence-corrected chi connectivity index (χ0v) is 11.0. The lowest BCUT2D eigenvalue weighted by Gasteiger charge is -2.34. The number of benzene rings is 1. The maximum absolute atomic E-state index is 12.3.